The highest BCUT2D eigenvalue weighted by Crippen LogP contribution is 2.43. The van der Waals surface area contributed by atoms with E-state index in [4.69, 9.17) is 27.6 Å². The fraction of sp³-hybridized carbons (Fsp3) is 0.500. The van der Waals surface area contributed by atoms with Crippen molar-refractivity contribution in [1.29, 1.82) is 5.26 Å². The van der Waals surface area contributed by atoms with Crippen molar-refractivity contribution in [3.63, 3.8) is 0 Å². The number of amides is 1. The molecule has 10 nitrogen and oxygen atoms in total. The summed E-state index contributed by atoms with van der Waals surface area (Å²) in [6, 6.07) is 4.36. The highest BCUT2D eigenvalue weighted by atomic mass is 35.5. The van der Waals surface area contributed by atoms with E-state index in [1.165, 1.54) is 6.07 Å². The lowest BCUT2D eigenvalue weighted by Gasteiger charge is -2.35. The summed E-state index contributed by atoms with van der Waals surface area (Å²) in [6.45, 7) is 1.88. The Balaban J connectivity index is 1.53. The second kappa shape index (κ2) is 10.3. The molecule has 0 aliphatic heterocycles. The molecular weight excluding hydrogens is 511 g/mol. The number of imidazole rings is 1. The zero-order valence-electron chi connectivity index (χ0n) is 21.0. The Morgan fingerprint density at radius 2 is 2.05 bits per heavy atom. The fourth-order valence-corrected chi connectivity index (χ4v) is 5.74. The number of aliphatic hydroxyl groups excluding tert-OH is 1. The largest absolute Gasteiger partial charge is 0.393 e. The van der Waals surface area contributed by atoms with Gasteiger partial charge in [-0.25, -0.2) is 14.4 Å². The van der Waals surface area contributed by atoms with E-state index < -0.39 is 11.2 Å². The Bertz CT molecular complexity index is 1390. The van der Waals surface area contributed by atoms with Gasteiger partial charge in [0.05, 0.1) is 34.6 Å². The monoisotopic (exact) mass is 540 g/mol. The number of primary amides is 1. The molecule has 2 fully saturated rings. The second-order valence-electron chi connectivity index (χ2n) is 10.6. The Morgan fingerprint density at radius 1 is 1.29 bits per heavy atom. The van der Waals surface area contributed by atoms with E-state index in [0.717, 1.165) is 25.3 Å². The number of carbonyl (C=O) groups excluding carboxylic acids is 1. The van der Waals surface area contributed by atoms with Crippen LogP contribution in [0.4, 0.5) is 22.0 Å². The number of halogens is 2. The van der Waals surface area contributed by atoms with E-state index in [9.17, 15) is 14.3 Å². The normalized spacial score (nSPS) is 25.6. The SMILES string of the molecule is C[C@]1(C(N)=O)CC[C@H](n2c(Nc3c(F)cc(C#N)cc3Cl)nc3cnc(N[C@H]4CCC[C@H](O)C4)nc32)CC1. The molecule has 0 bridgehead atoms. The quantitative estimate of drug-likeness (QED) is 0.355. The minimum Gasteiger partial charge on any atom is -0.393 e. The number of carbonyl (C=O) groups is 1. The number of benzene rings is 1. The Morgan fingerprint density at radius 3 is 2.71 bits per heavy atom. The summed E-state index contributed by atoms with van der Waals surface area (Å²) >= 11 is 6.32. The first-order valence-corrected chi connectivity index (χ1v) is 13.2. The van der Waals surface area contributed by atoms with E-state index in [-0.39, 0.29) is 40.4 Å². The summed E-state index contributed by atoms with van der Waals surface area (Å²) in [5.41, 5.74) is 6.25. The summed E-state index contributed by atoms with van der Waals surface area (Å²) in [5.74, 6) is -0.246. The number of nitrogens with zero attached hydrogens (tertiary/aromatic N) is 5. The van der Waals surface area contributed by atoms with Crippen molar-refractivity contribution in [3.05, 3.63) is 34.7 Å². The van der Waals surface area contributed by atoms with Gasteiger partial charge in [0.15, 0.2) is 5.65 Å². The van der Waals surface area contributed by atoms with Crippen LogP contribution in [0.15, 0.2) is 18.3 Å². The molecule has 1 aromatic carbocycles. The topological polar surface area (TPSA) is 155 Å². The smallest absolute Gasteiger partial charge is 0.224 e. The third kappa shape index (κ3) is 5.11. The van der Waals surface area contributed by atoms with Crippen molar-refractivity contribution in [1.82, 2.24) is 19.5 Å². The average Bonchev–Trinajstić information content (AvgIpc) is 3.23. The number of anilines is 3. The van der Waals surface area contributed by atoms with Crippen LogP contribution in [-0.4, -0.2) is 42.7 Å². The van der Waals surface area contributed by atoms with Crippen LogP contribution in [0, 0.1) is 22.6 Å². The van der Waals surface area contributed by atoms with Crippen LogP contribution in [0.25, 0.3) is 11.2 Å². The van der Waals surface area contributed by atoms with E-state index in [1.807, 2.05) is 17.6 Å². The molecule has 3 aromatic rings. The van der Waals surface area contributed by atoms with Gasteiger partial charge in [-0.05, 0) is 63.5 Å². The number of aromatic nitrogens is 4. The van der Waals surface area contributed by atoms with Gasteiger partial charge >= 0.3 is 0 Å². The lowest BCUT2D eigenvalue weighted by molar-refractivity contribution is -0.128. The lowest BCUT2D eigenvalue weighted by atomic mass is 9.73. The van der Waals surface area contributed by atoms with Gasteiger partial charge in [0.25, 0.3) is 0 Å². The van der Waals surface area contributed by atoms with E-state index >= 15 is 0 Å². The highest BCUT2D eigenvalue weighted by molar-refractivity contribution is 6.33. The maximum absolute atomic E-state index is 14.9. The van der Waals surface area contributed by atoms with Gasteiger partial charge < -0.3 is 21.5 Å². The van der Waals surface area contributed by atoms with Crippen LogP contribution in [0.1, 0.15) is 69.9 Å². The summed E-state index contributed by atoms with van der Waals surface area (Å²) in [4.78, 5) is 25.9. The number of aliphatic hydroxyl groups is 1. The number of hydrogen-bond acceptors (Lipinski definition) is 8. The van der Waals surface area contributed by atoms with Crippen molar-refractivity contribution in [2.24, 2.45) is 11.1 Å². The molecule has 0 radical (unpaired) electrons. The molecule has 12 heteroatoms. The van der Waals surface area contributed by atoms with Crippen LogP contribution in [0.5, 0.6) is 0 Å². The van der Waals surface area contributed by atoms with Gasteiger partial charge in [0, 0.05) is 17.5 Å². The number of nitrogens with one attached hydrogen (secondary N) is 2. The first-order chi connectivity index (χ1) is 18.2. The van der Waals surface area contributed by atoms with Gasteiger partial charge in [-0.3, -0.25) is 9.36 Å². The Kier molecular flexibility index (Phi) is 7.11. The lowest BCUT2D eigenvalue weighted by Crippen LogP contribution is -2.38. The van der Waals surface area contributed by atoms with Crippen molar-refractivity contribution < 1.29 is 14.3 Å². The maximum Gasteiger partial charge on any atom is 0.224 e. The third-order valence-corrected chi connectivity index (χ3v) is 8.14. The molecule has 2 aromatic heterocycles. The van der Waals surface area contributed by atoms with Crippen LogP contribution < -0.4 is 16.4 Å². The molecule has 2 saturated carbocycles. The second-order valence-corrected chi connectivity index (χ2v) is 11.0. The van der Waals surface area contributed by atoms with Gasteiger partial charge in [-0.2, -0.15) is 10.2 Å². The molecule has 200 valence electrons. The number of nitriles is 1. The summed E-state index contributed by atoms with van der Waals surface area (Å²) in [6.07, 6.45) is 6.98. The Labute approximate surface area is 224 Å². The summed E-state index contributed by atoms with van der Waals surface area (Å²) < 4.78 is 16.8. The van der Waals surface area contributed by atoms with Crippen molar-refractivity contribution in [2.75, 3.05) is 10.6 Å². The fourth-order valence-electron chi connectivity index (χ4n) is 5.49. The van der Waals surface area contributed by atoms with E-state index in [0.29, 0.717) is 55.2 Å². The summed E-state index contributed by atoms with van der Waals surface area (Å²) in [5, 5.41) is 25.6. The minimum absolute atomic E-state index is 0.00232. The molecule has 2 aliphatic rings. The van der Waals surface area contributed by atoms with Crippen LogP contribution in [-0.2, 0) is 4.79 Å². The van der Waals surface area contributed by atoms with Gasteiger partial charge in [-0.1, -0.05) is 18.5 Å². The third-order valence-electron chi connectivity index (χ3n) is 7.84. The minimum atomic E-state index is -0.679. The van der Waals surface area contributed by atoms with Crippen molar-refractivity contribution >= 4 is 46.3 Å². The molecule has 0 saturated heterocycles. The van der Waals surface area contributed by atoms with E-state index in [2.05, 4.69) is 20.6 Å². The standard InChI is InChI=1S/C26H30ClFN8O2/c1-26(23(30)38)7-5-16(6-8-26)36-22-20(13-31-24(35-22)32-15-3-2-4-17(37)11-15)33-25(36)34-21-18(27)9-14(12-29)10-19(21)28/h9-10,13,15-17,37H,2-8,11H2,1H3,(H2,30,38)(H,33,34)(H,31,32,35)/t15-,16-,17-,26-/m0/s1. The molecule has 0 unspecified atom stereocenters. The molecular formula is C26H30ClFN8O2. The number of nitrogens with two attached hydrogens (primary N) is 1. The van der Waals surface area contributed by atoms with Gasteiger partial charge in [0.1, 0.15) is 11.3 Å². The molecule has 5 N–H and O–H groups in total. The van der Waals surface area contributed by atoms with Crippen molar-refractivity contribution in [3.8, 4) is 6.07 Å². The van der Waals surface area contributed by atoms with Gasteiger partial charge in [0.2, 0.25) is 17.8 Å². The molecule has 2 aliphatic carbocycles. The van der Waals surface area contributed by atoms with Crippen LogP contribution in [0.2, 0.25) is 5.02 Å². The predicted molar refractivity (Wildman–Crippen MR) is 141 cm³/mol. The first kappa shape index (κ1) is 26.1. The molecule has 2 atom stereocenters. The molecule has 0 spiro atoms. The molecule has 1 amide bonds. The van der Waals surface area contributed by atoms with E-state index in [1.54, 1.807) is 6.20 Å². The molecule has 38 heavy (non-hydrogen) atoms. The number of hydrogen-bond donors (Lipinski definition) is 4. The zero-order chi connectivity index (χ0) is 27.0. The molecule has 5 rings (SSSR count). The predicted octanol–water partition coefficient (Wildman–Crippen LogP) is 4.56. The van der Waals surface area contributed by atoms with Crippen molar-refractivity contribution in [2.45, 2.75) is 76.5 Å². The van der Waals surface area contributed by atoms with Crippen LogP contribution >= 0.6 is 11.6 Å². The van der Waals surface area contributed by atoms with Gasteiger partial charge in [-0.15, -0.1) is 0 Å². The molecule has 2 heterocycles. The Hall–Kier alpha value is -3.49. The maximum atomic E-state index is 14.9. The van der Waals surface area contributed by atoms with Crippen LogP contribution in [0.3, 0.4) is 0 Å². The number of rotatable bonds is 6. The average molecular weight is 541 g/mol. The first-order valence-electron chi connectivity index (χ1n) is 12.8. The highest BCUT2D eigenvalue weighted by Gasteiger charge is 2.38. The zero-order valence-corrected chi connectivity index (χ0v) is 21.8. The summed E-state index contributed by atoms with van der Waals surface area (Å²) in [7, 11) is 0. The number of fused-ring (bicyclic) bond motifs is 1.